The van der Waals surface area contributed by atoms with Crippen LogP contribution < -0.4 is 5.32 Å². The van der Waals surface area contributed by atoms with Gasteiger partial charge in [-0.1, -0.05) is 83.4 Å². The number of likely N-dealkylation sites (tertiary alicyclic amines) is 1. The number of halogens is 1. The molecule has 4 rings (SSSR count). The van der Waals surface area contributed by atoms with Gasteiger partial charge in [-0.2, -0.15) is 0 Å². The Morgan fingerprint density at radius 2 is 1.78 bits per heavy atom. The predicted molar refractivity (Wildman–Crippen MR) is 257 cm³/mol. The molecule has 7 atom stereocenters. The number of thiazole rings is 1. The number of esters is 1. The van der Waals surface area contributed by atoms with Crippen molar-refractivity contribution >= 4 is 62.3 Å². The van der Waals surface area contributed by atoms with Crippen LogP contribution in [-0.2, 0) is 30.3 Å². The van der Waals surface area contributed by atoms with Crippen LogP contribution in [0.3, 0.4) is 0 Å². The third kappa shape index (κ3) is 16.6. The standard InChI is InChI=1S/C49H70FN5O6S3/c1-9-24-55(49(60)39(33(5)10-2)29-44(58)41-16-12-14-25-54(41)8)42(32(3)4)30-45(61-35(7)56)48-53-40(31-62-48)47(59)52-38(28-36-19-21-37(50)22-20-36)27-34(6)43(57)17-15-26-63-64-46-18-11-13-23-51-46/h11,13,18-23,31-34,38-39,41-42,45H,9-10,12,14-17,24-30H2,1-8H3,(H,52,59)/t33-,34-,38+,39-,41+,42+,45+/m0/s1. The molecule has 1 aliphatic rings. The van der Waals surface area contributed by atoms with Gasteiger partial charge in [0.2, 0.25) is 5.91 Å². The monoisotopic (exact) mass is 939 g/mol. The Balaban J connectivity index is 1.49. The van der Waals surface area contributed by atoms with Gasteiger partial charge in [0.15, 0.2) is 11.9 Å². The molecule has 1 fully saturated rings. The number of hydrogen-bond donors (Lipinski definition) is 1. The Morgan fingerprint density at radius 3 is 2.42 bits per heavy atom. The van der Waals surface area contributed by atoms with Crippen molar-refractivity contribution in [2.45, 2.75) is 148 Å². The van der Waals surface area contributed by atoms with Crippen LogP contribution in [0.1, 0.15) is 140 Å². The Morgan fingerprint density at radius 1 is 1.03 bits per heavy atom. The average molecular weight is 940 g/mol. The van der Waals surface area contributed by atoms with E-state index in [1.165, 1.54) is 30.4 Å². The summed E-state index contributed by atoms with van der Waals surface area (Å²) >= 11 is 1.21. The Hall–Kier alpha value is -3.66. The highest BCUT2D eigenvalue weighted by atomic mass is 33.1. The average Bonchev–Trinajstić information content (AvgIpc) is 3.77. The summed E-state index contributed by atoms with van der Waals surface area (Å²) in [6.07, 6.45) is 7.58. The van der Waals surface area contributed by atoms with E-state index in [-0.39, 0.29) is 71.7 Å². The lowest BCUT2D eigenvalue weighted by atomic mass is 9.82. The van der Waals surface area contributed by atoms with Gasteiger partial charge in [-0.05, 0) is 105 Å². The number of rotatable bonds is 27. The molecule has 0 radical (unpaired) electrons. The molecule has 15 heteroatoms. The predicted octanol–water partition coefficient (Wildman–Crippen LogP) is 10.2. The molecule has 0 aliphatic carbocycles. The molecule has 0 bridgehead atoms. The van der Waals surface area contributed by atoms with E-state index >= 15 is 0 Å². The Labute approximate surface area is 392 Å². The van der Waals surface area contributed by atoms with E-state index in [4.69, 9.17) is 9.72 Å². The molecular weight excluding hydrogens is 870 g/mol. The van der Waals surface area contributed by atoms with Crippen LogP contribution in [-0.4, -0.2) is 93.1 Å². The van der Waals surface area contributed by atoms with Crippen LogP contribution >= 0.6 is 32.9 Å². The highest BCUT2D eigenvalue weighted by Crippen LogP contribution is 2.34. The number of amides is 2. The molecule has 11 nitrogen and oxygen atoms in total. The molecule has 2 amide bonds. The molecule has 352 valence electrons. The van der Waals surface area contributed by atoms with Crippen LogP contribution in [0.4, 0.5) is 4.39 Å². The van der Waals surface area contributed by atoms with Crippen molar-refractivity contribution in [1.29, 1.82) is 0 Å². The SMILES string of the molecule is CCCN(C(=O)[C@@H](CC(=O)[C@H]1CCCCN1C)[C@@H](C)CC)[C@H](C[C@@H](OC(C)=O)c1nc(C(=O)N[C@@H](Cc2ccc(F)cc2)C[C@H](C)C(=O)CCCSSc2ccccn2)cs1)C(C)C. The van der Waals surface area contributed by atoms with Crippen LogP contribution in [0.2, 0.25) is 0 Å². The molecule has 3 heterocycles. The fourth-order valence-corrected chi connectivity index (χ4v) is 11.2. The zero-order valence-electron chi connectivity index (χ0n) is 39.1. The number of piperidine rings is 1. The van der Waals surface area contributed by atoms with Gasteiger partial charge < -0.3 is 15.0 Å². The highest BCUT2D eigenvalue weighted by molar-refractivity contribution is 8.76. The van der Waals surface area contributed by atoms with Gasteiger partial charge in [0, 0.05) is 74.0 Å². The number of pyridine rings is 1. The van der Waals surface area contributed by atoms with E-state index in [0.29, 0.717) is 43.7 Å². The number of ketones is 2. The molecule has 1 aliphatic heterocycles. The summed E-state index contributed by atoms with van der Waals surface area (Å²) in [5, 5.41) is 6.09. The molecule has 1 aromatic carbocycles. The number of carbonyl (C=O) groups is 5. The minimum Gasteiger partial charge on any atom is -0.455 e. The summed E-state index contributed by atoms with van der Waals surface area (Å²) < 4.78 is 19.8. The van der Waals surface area contributed by atoms with E-state index in [9.17, 15) is 28.4 Å². The first-order valence-electron chi connectivity index (χ1n) is 23.1. The Bertz CT molecular complexity index is 1930. The van der Waals surface area contributed by atoms with Gasteiger partial charge in [-0.3, -0.25) is 28.9 Å². The first-order valence-corrected chi connectivity index (χ1v) is 26.3. The van der Waals surface area contributed by atoms with Crippen molar-refractivity contribution in [2.75, 3.05) is 25.9 Å². The van der Waals surface area contributed by atoms with Crippen molar-refractivity contribution in [1.82, 2.24) is 25.1 Å². The molecule has 1 saturated heterocycles. The van der Waals surface area contributed by atoms with Gasteiger partial charge in [-0.25, -0.2) is 14.4 Å². The summed E-state index contributed by atoms with van der Waals surface area (Å²) in [4.78, 5) is 81.5. The number of nitrogens with one attached hydrogen (secondary N) is 1. The van der Waals surface area contributed by atoms with Crippen molar-refractivity contribution in [3.8, 4) is 0 Å². The van der Waals surface area contributed by atoms with Crippen LogP contribution in [0, 0.1) is 29.5 Å². The van der Waals surface area contributed by atoms with Gasteiger partial charge in [0.05, 0.1) is 6.04 Å². The highest BCUT2D eigenvalue weighted by Gasteiger charge is 2.39. The minimum absolute atomic E-state index is 0.0128. The van der Waals surface area contributed by atoms with E-state index in [0.717, 1.165) is 48.6 Å². The maximum absolute atomic E-state index is 14.8. The fraction of sp³-hybridized carbons (Fsp3) is 0.612. The lowest BCUT2D eigenvalue weighted by Gasteiger charge is -2.39. The number of hydrogen-bond acceptors (Lipinski definition) is 12. The number of aromatic nitrogens is 2. The lowest BCUT2D eigenvalue weighted by molar-refractivity contribution is -0.150. The van der Waals surface area contributed by atoms with Gasteiger partial charge >= 0.3 is 5.97 Å². The number of nitrogens with zero attached hydrogens (tertiary/aromatic N) is 4. The topological polar surface area (TPSA) is 139 Å². The van der Waals surface area contributed by atoms with Crippen LogP contribution in [0.25, 0.3) is 0 Å². The van der Waals surface area contributed by atoms with E-state index in [1.807, 2.05) is 64.8 Å². The number of carbonyl (C=O) groups excluding carboxylic acids is 5. The largest absolute Gasteiger partial charge is 0.455 e. The molecule has 2 aromatic heterocycles. The number of likely N-dealkylation sites (N-methyl/N-ethyl adjacent to an activating group) is 1. The lowest BCUT2D eigenvalue weighted by Crippen LogP contribution is -2.50. The number of ether oxygens (including phenoxy) is 1. The maximum Gasteiger partial charge on any atom is 0.303 e. The van der Waals surface area contributed by atoms with E-state index in [2.05, 4.69) is 22.1 Å². The van der Waals surface area contributed by atoms with Gasteiger partial charge in [-0.15, -0.1) is 11.3 Å². The second-order valence-corrected chi connectivity index (χ2v) is 21.0. The normalized spacial score (nSPS) is 17.2. The number of benzene rings is 1. The van der Waals surface area contributed by atoms with E-state index < -0.39 is 29.9 Å². The summed E-state index contributed by atoms with van der Waals surface area (Å²) in [5.41, 5.74) is 0.962. The van der Waals surface area contributed by atoms with Crippen molar-refractivity contribution in [2.24, 2.45) is 23.7 Å². The second-order valence-electron chi connectivity index (χ2n) is 17.7. The van der Waals surface area contributed by atoms with Gasteiger partial charge in [0.1, 0.15) is 27.3 Å². The Kier molecular flexibility index (Phi) is 22.4. The first-order chi connectivity index (χ1) is 30.6. The molecule has 0 saturated carbocycles. The smallest absolute Gasteiger partial charge is 0.303 e. The fourth-order valence-electron chi connectivity index (χ4n) is 8.43. The molecular formula is C49H70FN5O6S3. The third-order valence-corrected chi connectivity index (χ3v) is 15.6. The summed E-state index contributed by atoms with van der Waals surface area (Å²) in [5.74, 6) is -1.22. The van der Waals surface area contributed by atoms with Crippen LogP contribution in [0.5, 0.6) is 0 Å². The zero-order valence-corrected chi connectivity index (χ0v) is 41.5. The molecule has 1 N–H and O–H groups in total. The van der Waals surface area contributed by atoms with Gasteiger partial charge in [0.25, 0.3) is 5.91 Å². The zero-order chi connectivity index (χ0) is 46.8. The number of Topliss-reactive ketones (excluding diaryl/α,β-unsaturated/α-hetero) is 2. The molecule has 0 spiro atoms. The minimum atomic E-state index is -0.837. The van der Waals surface area contributed by atoms with Crippen molar-refractivity contribution in [3.63, 3.8) is 0 Å². The first kappa shape index (κ1) is 53.0. The second kappa shape index (κ2) is 27.1. The van der Waals surface area contributed by atoms with E-state index in [1.54, 1.807) is 45.3 Å². The summed E-state index contributed by atoms with van der Waals surface area (Å²) in [7, 11) is 5.24. The van der Waals surface area contributed by atoms with Crippen LogP contribution in [0.15, 0.2) is 59.1 Å². The summed E-state index contributed by atoms with van der Waals surface area (Å²) in [6, 6.07) is 10.9. The molecule has 64 heavy (non-hydrogen) atoms. The summed E-state index contributed by atoms with van der Waals surface area (Å²) in [6.45, 7) is 14.8. The quantitative estimate of drug-likeness (QED) is 0.0444. The molecule has 0 unspecified atom stereocenters. The molecule has 3 aromatic rings. The third-order valence-electron chi connectivity index (χ3n) is 12.3. The van der Waals surface area contributed by atoms with Crippen molar-refractivity contribution in [3.05, 3.63) is 76.1 Å². The maximum atomic E-state index is 14.8. The van der Waals surface area contributed by atoms with Crippen molar-refractivity contribution < 1.29 is 33.1 Å².